The van der Waals surface area contributed by atoms with Crippen LogP contribution in [0.4, 0.5) is 0 Å². The molecule has 0 saturated carbocycles. The average molecular weight is 190 g/mol. The number of carbonyl (C=O) groups is 2. The highest BCUT2D eigenvalue weighted by atomic mass is 16.5. The largest absolute Gasteiger partial charge is 0.480 e. The molecule has 1 unspecified atom stereocenters. The standard InChI is InChI=1S/C7H14N2O4/c1-13-3-2-5(7(11)12)9-6(10)4-8/h5H,2-4,8H2,1H3,(H,9,10)(H,11,12). The number of amides is 1. The first kappa shape index (κ1) is 11.9. The molecule has 0 aliphatic heterocycles. The molecule has 1 amide bonds. The van der Waals surface area contributed by atoms with Crippen LogP contribution in [-0.2, 0) is 14.3 Å². The van der Waals surface area contributed by atoms with E-state index in [4.69, 9.17) is 15.6 Å². The van der Waals surface area contributed by atoms with Crippen molar-refractivity contribution >= 4 is 11.9 Å². The van der Waals surface area contributed by atoms with E-state index in [0.29, 0.717) is 0 Å². The van der Waals surface area contributed by atoms with Gasteiger partial charge in [-0.2, -0.15) is 0 Å². The normalized spacial score (nSPS) is 12.2. The third-order valence-electron chi connectivity index (χ3n) is 1.43. The molecule has 1 atom stereocenters. The number of rotatable bonds is 6. The summed E-state index contributed by atoms with van der Waals surface area (Å²) in [6, 6.07) is -0.920. The first-order chi connectivity index (χ1) is 6.11. The quantitative estimate of drug-likeness (QED) is 0.475. The van der Waals surface area contributed by atoms with Gasteiger partial charge in [0, 0.05) is 20.1 Å². The molecular formula is C7H14N2O4. The van der Waals surface area contributed by atoms with Crippen LogP contribution in [0.2, 0.25) is 0 Å². The van der Waals surface area contributed by atoms with E-state index < -0.39 is 17.9 Å². The minimum absolute atomic E-state index is 0.212. The predicted molar refractivity (Wildman–Crippen MR) is 45.1 cm³/mol. The molecule has 6 heteroatoms. The Kier molecular flexibility index (Phi) is 5.82. The molecule has 0 spiro atoms. The Bertz CT molecular complexity index is 183. The lowest BCUT2D eigenvalue weighted by atomic mass is 10.2. The molecule has 0 heterocycles. The smallest absolute Gasteiger partial charge is 0.326 e. The number of ether oxygens (including phenoxy) is 1. The number of aliphatic carboxylic acids is 1. The molecule has 0 fully saturated rings. The van der Waals surface area contributed by atoms with Crippen molar-refractivity contribution in [2.75, 3.05) is 20.3 Å². The maximum atomic E-state index is 10.7. The molecule has 0 aliphatic rings. The van der Waals surface area contributed by atoms with Crippen LogP contribution in [-0.4, -0.2) is 43.3 Å². The molecule has 13 heavy (non-hydrogen) atoms. The highest BCUT2D eigenvalue weighted by Gasteiger charge is 2.18. The van der Waals surface area contributed by atoms with Gasteiger partial charge < -0.3 is 20.9 Å². The molecule has 0 aromatic carbocycles. The fraction of sp³-hybridized carbons (Fsp3) is 0.714. The minimum Gasteiger partial charge on any atom is -0.480 e. The lowest BCUT2D eigenvalue weighted by molar-refractivity contribution is -0.142. The molecule has 0 rings (SSSR count). The fourth-order valence-corrected chi connectivity index (χ4v) is 0.746. The van der Waals surface area contributed by atoms with Gasteiger partial charge in [0.1, 0.15) is 6.04 Å². The molecule has 0 saturated heterocycles. The summed E-state index contributed by atoms with van der Waals surface area (Å²) in [5.74, 6) is -1.57. The van der Waals surface area contributed by atoms with E-state index in [1.54, 1.807) is 0 Å². The van der Waals surface area contributed by atoms with Crippen molar-refractivity contribution in [3.8, 4) is 0 Å². The molecule has 0 aromatic rings. The summed E-state index contributed by atoms with van der Waals surface area (Å²) in [4.78, 5) is 21.3. The second kappa shape index (κ2) is 6.38. The van der Waals surface area contributed by atoms with Gasteiger partial charge in [-0.3, -0.25) is 4.79 Å². The minimum atomic E-state index is -1.08. The van der Waals surface area contributed by atoms with Gasteiger partial charge in [0.15, 0.2) is 0 Å². The molecule has 76 valence electrons. The Hall–Kier alpha value is -1.14. The molecule has 0 aromatic heterocycles. The van der Waals surface area contributed by atoms with E-state index in [2.05, 4.69) is 5.32 Å². The van der Waals surface area contributed by atoms with Crippen LogP contribution >= 0.6 is 0 Å². The zero-order valence-corrected chi connectivity index (χ0v) is 7.45. The van der Waals surface area contributed by atoms with Crippen molar-refractivity contribution < 1.29 is 19.4 Å². The van der Waals surface area contributed by atoms with Crippen molar-refractivity contribution in [2.24, 2.45) is 5.73 Å². The van der Waals surface area contributed by atoms with Gasteiger partial charge in [0.2, 0.25) is 5.91 Å². The SMILES string of the molecule is COCCC(NC(=O)CN)C(=O)O. The van der Waals surface area contributed by atoms with Gasteiger partial charge in [-0.1, -0.05) is 0 Å². The van der Waals surface area contributed by atoms with E-state index in [1.165, 1.54) is 7.11 Å². The zero-order valence-electron chi connectivity index (χ0n) is 7.45. The Balaban J connectivity index is 3.94. The van der Waals surface area contributed by atoms with Crippen molar-refractivity contribution in [3.05, 3.63) is 0 Å². The zero-order chi connectivity index (χ0) is 10.3. The van der Waals surface area contributed by atoms with Crippen LogP contribution in [0.3, 0.4) is 0 Å². The summed E-state index contributed by atoms with van der Waals surface area (Å²) >= 11 is 0. The Labute approximate surface area is 76.0 Å². The second-order valence-electron chi connectivity index (χ2n) is 2.44. The maximum Gasteiger partial charge on any atom is 0.326 e. The Morgan fingerprint density at radius 2 is 2.23 bits per heavy atom. The van der Waals surface area contributed by atoms with Crippen LogP contribution in [0, 0.1) is 0 Å². The monoisotopic (exact) mass is 190 g/mol. The molecule has 0 aliphatic carbocycles. The number of nitrogens with one attached hydrogen (secondary N) is 1. The number of hydrogen-bond donors (Lipinski definition) is 3. The Morgan fingerprint density at radius 3 is 2.62 bits per heavy atom. The van der Waals surface area contributed by atoms with Gasteiger partial charge in [-0.15, -0.1) is 0 Å². The highest BCUT2D eigenvalue weighted by Crippen LogP contribution is 1.92. The van der Waals surface area contributed by atoms with Crippen molar-refractivity contribution in [1.82, 2.24) is 5.32 Å². The number of carboxylic acid groups (broad SMARTS) is 1. The summed E-state index contributed by atoms with van der Waals surface area (Å²) in [5, 5.41) is 10.9. The number of methoxy groups -OCH3 is 1. The lowest BCUT2D eigenvalue weighted by Gasteiger charge is -2.12. The van der Waals surface area contributed by atoms with Gasteiger partial charge in [0.25, 0.3) is 0 Å². The van der Waals surface area contributed by atoms with Crippen molar-refractivity contribution in [1.29, 1.82) is 0 Å². The highest BCUT2D eigenvalue weighted by molar-refractivity contribution is 5.84. The predicted octanol–water partition coefficient (Wildman–Crippen LogP) is -1.45. The van der Waals surface area contributed by atoms with Crippen LogP contribution in [0.25, 0.3) is 0 Å². The Morgan fingerprint density at radius 1 is 1.62 bits per heavy atom. The number of nitrogens with two attached hydrogens (primary N) is 1. The number of hydrogen-bond acceptors (Lipinski definition) is 4. The van der Waals surface area contributed by atoms with Gasteiger partial charge in [-0.25, -0.2) is 4.79 Å². The third-order valence-corrected chi connectivity index (χ3v) is 1.43. The van der Waals surface area contributed by atoms with Crippen LogP contribution in [0.5, 0.6) is 0 Å². The van der Waals surface area contributed by atoms with E-state index in [-0.39, 0.29) is 19.6 Å². The van der Waals surface area contributed by atoms with E-state index in [9.17, 15) is 9.59 Å². The lowest BCUT2D eigenvalue weighted by Crippen LogP contribution is -2.44. The first-order valence-corrected chi connectivity index (χ1v) is 3.83. The summed E-state index contributed by atoms with van der Waals surface area (Å²) in [7, 11) is 1.46. The molecular weight excluding hydrogens is 176 g/mol. The third kappa shape index (κ3) is 5.15. The summed E-state index contributed by atoms with van der Waals surface area (Å²) in [6.45, 7) is 0.0680. The van der Waals surface area contributed by atoms with Crippen LogP contribution in [0.1, 0.15) is 6.42 Å². The molecule has 0 bridgehead atoms. The van der Waals surface area contributed by atoms with Gasteiger partial charge in [0.05, 0.1) is 6.54 Å². The maximum absolute atomic E-state index is 10.7. The van der Waals surface area contributed by atoms with E-state index >= 15 is 0 Å². The van der Waals surface area contributed by atoms with E-state index in [1.807, 2.05) is 0 Å². The van der Waals surface area contributed by atoms with Crippen molar-refractivity contribution in [3.63, 3.8) is 0 Å². The average Bonchev–Trinajstić information content (AvgIpc) is 2.11. The topological polar surface area (TPSA) is 102 Å². The number of carboxylic acids is 1. The summed E-state index contributed by atoms with van der Waals surface area (Å²) in [5.41, 5.74) is 5.01. The fourth-order valence-electron chi connectivity index (χ4n) is 0.746. The first-order valence-electron chi connectivity index (χ1n) is 3.83. The molecule has 4 N–H and O–H groups in total. The van der Waals surface area contributed by atoms with Gasteiger partial charge >= 0.3 is 5.97 Å². The van der Waals surface area contributed by atoms with E-state index in [0.717, 1.165) is 0 Å². The van der Waals surface area contributed by atoms with Crippen molar-refractivity contribution in [2.45, 2.75) is 12.5 Å². The number of carbonyl (C=O) groups excluding carboxylic acids is 1. The van der Waals surface area contributed by atoms with Crippen LogP contribution < -0.4 is 11.1 Å². The molecule has 0 radical (unpaired) electrons. The second-order valence-corrected chi connectivity index (χ2v) is 2.44. The summed E-state index contributed by atoms with van der Waals surface area (Å²) in [6.07, 6.45) is 0.234. The molecule has 6 nitrogen and oxygen atoms in total. The van der Waals surface area contributed by atoms with Gasteiger partial charge in [-0.05, 0) is 0 Å². The van der Waals surface area contributed by atoms with Crippen LogP contribution in [0.15, 0.2) is 0 Å². The summed E-state index contributed by atoms with van der Waals surface area (Å²) < 4.78 is 4.69.